The van der Waals surface area contributed by atoms with Crippen LogP contribution in [0.5, 0.6) is 0 Å². The summed E-state index contributed by atoms with van der Waals surface area (Å²) in [5.74, 6) is -1.11. The van der Waals surface area contributed by atoms with E-state index in [1.807, 2.05) is 6.07 Å². The molecule has 8 heteroatoms. The van der Waals surface area contributed by atoms with Gasteiger partial charge < -0.3 is 20.3 Å². The van der Waals surface area contributed by atoms with Crippen molar-refractivity contribution in [1.82, 2.24) is 5.32 Å². The molecule has 4 rings (SSSR count). The van der Waals surface area contributed by atoms with Crippen LogP contribution in [0.2, 0.25) is 5.02 Å². The maximum Gasteiger partial charge on any atom is 0.338 e. The molecule has 2 amide bonds. The molecule has 0 aromatic heterocycles. The molecule has 7 nitrogen and oxygen atoms in total. The summed E-state index contributed by atoms with van der Waals surface area (Å²) in [5.41, 5.74) is 2.55. The van der Waals surface area contributed by atoms with E-state index in [4.69, 9.17) is 16.3 Å². The second-order valence-corrected chi connectivity index (χ2v) is 7.42. The Bertz CT molecular complexity index is 978. The predicted molar refractivity (Wildman–Crippen MR) is 109 cm³/mol. The number of fused-ring (bicyclic) bond motifs is 3. The van der Waals surface area contributed by atoms with Crippen LogP contribution in [-0.4, -0.2) is 37.0 Å². The van der Waals surface area contributed by atoms with Crippen LogP contribution in [0.3, 0.4) is 0 Å². The highest BCUT2D eigenvalue weighted by Gasteiger charge is 2.36. The monoisotopic (exact) mass is 413 g/mol. The smallest absolute Gasteiger partial charge is 0.338 e. The molecule has 29 heavy (non-hydrogen) atoms. The molecule has 2 aromatic carbocycles. The van der Waals surface area contributed by atoms with Gasteiger partial charge in [0.25, 0.3) is 5.91 Å². The Labute approximate surface area is 173 Å². The summed E-state index contributed by atoms with van der Waals surface area (Å²) in [5, 5.41) is 6.07. The van der Waals surface area contributed by atoms with E-state index in [1.165, 1.54) is 0 Å². The highest BCUT2D eigenvalue weighted by Crippen LogP contribution is 2.37. The Morgan fingerprint density at radius 1 is 1.24 bits per heavy atom. The Kier molecular flexibility index (Phi) is 5.40. The van der Waals surface area contributed by atoms with E-state index in [0.29, 0.717) is 10.7 Å². The summed E-state index contributed by atoms with van der Waals surface area (Å²) < 4.78 is 5.10. The zero-order valence-electron chi connectivity index (χ0n) is 15.6. The van der Waals surface area contributed by atoms with E-state index in [0.717, 1.165) is 30.6 Å². The number of carbonyl (C=O) groups is 3. The number of hydrogen-bond donors (Lipinski definition) is 2. The summed E-state index contributed by atoms with van der Waals surface area (Å²) in [6.45, 7) is 0.666. The Hall–Kier alpha value is -3.06. The standard InChI is InChI=1S/C21H20ClN3O4/c22-15-5-2-1-4-14(15)11-23-19(26)12-29-21(28)13-7-8-17-16(10-13)24-20(27)18-6-3-9-25(17)18/h1-2,4-5,7-8,10,18H,3,6,9,11-12H2,(H,23,26)(H,24,27)/t18-/m0/s1. The molecule has 150 valence electrons. The summed E-state index contributed by atoms with van der Waals surface area (Å²) in [4.78, 5) is 38.6. The molecule has 1 saturated heterocycles. The minimum atomic E-state index is -0.626. The molecule has 1 atom stereocenters. The number of nitrogens with zero attached hydrogens (tertiary/aromatic N) is 1. The zero-order valence-corrected chi connectivity index (χ0v) is 16.4. The molecule has 2 N–H and O–H groups in total. The number of rotatable bonds is 5. The van der Waals surface area contributed by atoms with Gasteiger partial charge in [0.2, 0.25) is 5.91 Å². The second kappa shape index (κ2) is 8.13. The lowest BCUT2D eigenvalue weighted by molar-refractivity contribution is -0.124. The fourth-order valence-corrected chi connectivity index (χ4v) is 3.86. The summed E-state index contributed by atoms with van der Waals surface area (Å²) in [6.07, 6.45) is 1.79. The first-order valence-corrected chi connectivity index (χ1v) is 9.79. The average Bonchev–Trinajstić information content (AvgIpc) is 3.22. The minimum Gasteiger partial charge on any atom is -0.452 e. The number of amides is 2. The number of carbonyl (C=O) groups excluding carboxylic acids is 3. The molecule has 0 radical (unpaired) electrons. The summed E-state index contributed by atoms with van der Waals surface area (Å²) in [6, 6.07) is 12.1. The predicted octanol–water partition coefficient (Wildman–Crippen LogP) is 2.73. The minimum absolute atomic E-state index is 0.0560. The fraction of sp³-hybridized carbons (Fsp3) is 0.286. The van der Waals surface area contributed by atoms with E-state index in [-0.39, 0.29) is 24.1 Å². The first-order chi connectivity index (χ1) is 14.0. The molecule has 0 aliphatic carbocycles. The fourth-order valence-electron chi connectivity index (χ4n) is 3.66. The molecule has 0 bridgehead atoms. The van der Waals surface area contributed by atoms with E-state index in [1.54, 1.807) is 36.4 Å². The van der Waals surface area contributed by atoms with E-state index >= 15 is 0 Å². The number of halogens is 1. The van der Waals surface area contributed by atoms with Crippen molar-refractivity contribution < 1.29 is 19.1 Å². The van der Waals surface area contributed by atoms with Gasteiger partial charge in [0, 0.05) is 18.1 Å². The van der Waals surface area contributed by atoms with Gasteiger partial charge in [0.15, 0.2) is 6.61 Å². The Balaban J connectivity index is 1.34. The molecule has 2 aliphatic rings. The van der Waals surface area contributed by atoms with E-state index < -0.39 is 18.5 Å². The quantitative estimate of drug-likeness (QED) is 0.736. The first kappa shape index (κ1) is 19.3. The van der Waals surface area contributed by atoms with Gasteiger partial charge in [-0.2, -0.15) is 0 Å². The first-order valence-electron chi connectivity index (χ1n) is 9.42. The zero-order chi connectivity index (χ0) is 20.4. The number of anilines is 2. The van der Waals surface area contributed by atoms with Crippen LogP contribution >= 0.6 is 11.6 Å². The third-order valence-electron chi connectivity index (χ3n) is 5.12. The molecule has 2 heterocycles. The van der Waals surface area contributed by atoms with Gasteiger partial charge in [-0.05, 0) is 42.7 Å². The van der Waals surface area contributed by atoms with Crippen LogP contribution in [0.15, 0.2) is 42.5 Å². The van der Waals surface area contributed by atoms with E-state index in [2.05, 4.69) is 15.5 Å². The highest BCUT2D eigenvalue weighted by atomic mass is 35.5. The van der Waals surface area contributed by atoms with Crippen molar-refractivity contribution in [3.05, 3.63) is 58.6 Å². The molecule has 1 fully saturated rings. The number of hydrogen-bond acceptors (Lipinski definition) is 5. The van der Waals surface area contributed by atoms with Crippen LogP contribution in [0.1, 0.15) is 28.8 Å². The van der Waals surface area contributed by atoms with Crippen molar-refractivity contribution in [3.8, 4) is 0 Å². The van der Waals surface area contributed by atoms with Crippen LogP contribution in [0, 0.1) is 0 Å². The molecule has 0 saturated carbocycles. The molecule has 0 spiro atoms. The van der Waals surface area contributed by atoms with Gasteiger partial charge in [-0.25, -0.2) is 4.79 Å². The van der Waals surface area contributed by atoms with Gasteiger partial charge >= 0.3 is 5.97 Å². The maximum absolute atomic E-state index is 12.3. The lowest BCUT2D eigenvalue weighted by atomic mass is 10.1. The lowest BCUT2D eigenvalue weighted by Gasteiger charge is -2.33. The Morgan fingerprint density at radius 2 is 2.07 bits per heavy atom. The maximum atomic E-state index is 12.3. The van der Waals surface area contributed by atoms with Crippen LogP contribution < -0.4 is 15.5 Å². The van der Waals surface area contributed by atoms with Crippen LogP contribution in [0.25, 0.3) is 0 Å². The second-order valence-electron chi connectivity index (χ2n) is 7.02. The van der Waals surface area contributed by atoms with Crippen molar-refractivity contribution in [2.75, 3.05) is 23.4 Å². The normalized spacial score (nSPS) is 17.2. The SMILES string of the molecule is O=C(COC(=O)c1ccc2c(c1)NC(=O)[C@@H]1CCCN21)NCc1ccccc1Cl. The molecule has 0 unspecified atom stereocenters. The largest absolute Gasteiger partial charge is 0.452 e. The van der Waals surface area contributed by atoms with Gasteiger partial charge in [0.05, 0.1) is 16.9 Å². The Morgan fingerprint density at radius 3 is 2.90 bits per heavy atom. The van der Waals surface area contributed by atoms with Crippen LogP contribution in [0.4, 0.5) is 11.4 Å². The van der Waals surface area contributed by atoms with Crippen LogP contribution in [-0.2, 0) is 20.9 Å². The number of nitrogens with one attached hydrogen (secondary N) is 2. The topological polar surface area (TPSA) is 87.7 Å². The van der Waals surface area contributed by atoms with E-state index in [9.17, 15) is 14.4 Å². The van der Waals surface area contributed by atoms with Gasteiger partial charge in [0.1, 0.15) is 6.04 Å². The van der Waals surface area contributed by atoms with Crippen molar-refractivity contribution in [3.63, 3.8) is 0 Å². The number of benzene rings is 2. The summed E-state index contributed by atoms with van der Waals surface area (Å²) in [7, 11) is 0. The third kappa shape index (κ3) is 4.05. The number of ether oxygens (including phenoxy) is 1. The lowest BCUT2D eigenvalue weighted by Crippen LogP contribution is -2.43. The van der Waals surface area contributed by atoms with Crippen molar-refractivity contribution in [2.45, 2.75) is 25.4 Å². The summed E-state index contributed by atoms with van der Waals surface area (Å²) >= 11 is 6.05. The number of esters is 1. The average molecular weight is 414 g/mol. The van der Waals surface area contributed by atoms with Gasteiger partial charge in [-0.3, -0.25) is 9.59 Å². The molecular weight excluding hydrogens is 394 g/mol. The highest BCUT2D eigenvalue weighted by molar-refractivity contribution is 6.31. The van der Waals surface area contributed by atoms with Crippen molar-refractivity contribution >= 4 is 40.8 Å². The van der Waals surface area contributed by atoms with Crippen molar-refractivity contribution in [1.29, 1.82) is 0 Å². The van der Waals surface area contributed by atoms with Gasteiger partial charge in [-0.15, -0.1) is 0 Å². The van der Waals surface area contributed by atoms with Gasteiger partial charge in [-0.1, -0.05) is 29.8 Å². The molecular formula is C21H20ClN3O4. The molecule has 2 aliphatic heterocycles. The van der Waals surface area contributed by atoms with Crippen molar-refractivity contribution in [2.24, 2.45) is 0 Å². The third-order valence-corrected chi connectivity index (χ3v) is 5.49. The molecule has 2 aromatic rings.